The Morgan fingerprint density at radius 1 is 1.05 bits per heavy atom. The van der Waals surface area contributed by atoms with Gasteiger partial charge in [0.15, 0.2) is 12.1 Å². The monoisotopic (exact) mass is 548 g/mol. The molecule has 6 aliphatic rings. The molecule has 5 fully saturated rings. The Labute approximate surface area is 230 Å². The zero-order valence-corrected chi connectivity index (χ0v) is 23.5. The number of carbonyl (C=O) groups excluding carboxylic acids is 2. The molecule has 9 nitrogen and oxygen atoms in total. The third-order valence-electron chi connectivity index (χ3n) is 12.1. The topological polar surface area (TPSA) is 132 Å². The molecule has 218 valence electrons. The Hall–Kier alpha value is -1.36. The van der Waals surface area contributed by atoms with Crippen molar-refractivity contribution in [1.29, 1.82) is 0 Å². The largest absolute Gasteiger partial charge is 0.458 e. The summed E-state index contributed by atoms with van der Waals surface area (Å²) in [5, 5.41) is 34.3. The summed E-state index contributed by atoms with van der Waals surface area (Å²) in [6.45, 7) is 5.99. The van der Waals surface area contributed by atoms with Crippen LogP contribution in [0.25, 0.3) is 0 Å². The van der Waals surface area contributed by atoms with Gasteiger partial charge in [-0.1, -0.05) is 6.92 Å². The fraction of sp³-hybridized carbons (Fsp3) is 0.867. The van der Waals surface area contributed by atoms with Gasteiger partial charge in [0.25, 0.3) is 0 Å². The molecule has 2 heterocycles. The molecule has 0 aromatic heterocycles. The van der Waals surface area contributed by atoms with E-state index < -0.39 is 35.5 Å². The first-order valence-corrected chi connectivity index (χ1v) is 14.8. The number of hydrogen-bond donors (Lipinski definition) is 3. The van der Waals surface area contributed by atoms with E-state index in [1.807, 2.05) is 13.8 Å². The van der Waals surface area contributed by atoms with Gasteiger partial charge in [0, 0.05) is 25.5 Å². The molecule has 2 aliphatic heterocycles. The van der Waals surface area contributed by atoms with Crippen LogP contribution in [0.4, 0.5) is 0 Å². The maximum absolute atomic E-state index is 14.1. The van der Waals surface area contributed by atoms with Gasteiger partial charge in [0.2, 0.25) is 0 Å². The van der Waals surface area contributed by atoms with Crippen molar-refractivity contribution in [3.05, 3.63) is 11.6 Å². The summed E-state index contributed by atoms with van der Waals surface area (Å²) in [5.41, 5.74) is -1.91. The van der Waals surface area contributed by atoms with Crippen molar-refractivity contribution in [3.63, 3.8) is 0 Å². The molecule has 3 N–H and O–H groups in total. The summed E-state index contributed by atoms with van der Waals surface area (Å²) < 4.78 is 23.0. The average molecular weight is 549 g/mol. The SMILES string of the molecule is CO[C@H]1C[C@H](O[C@H]2CC[C@]3(C)C4C(O)C(=O)[C@]5(C)[C@@H](C6=CC(=O)OC6)CC[C@]5(O)C4CC[C@@H]3C2)O[C@H](C)[C@H]1O. The van der Waals surface area contributed by atoms with Gasteiger partial charge in [-0.25, -0.2) is 4.79 Å². The first-order chi connectivity index (χ1) is 18.4. The van der Waals surface area contributed by atoms with Crippen LogP contribution in [0.2, 0.25) is 0 Å². The predicted molar refractivity (Wildman–Crippen MR) is 138 cm³/mol. The lowest BCUT2D eigenvalue weighted by atomic mass is 9.42. The van der Waals surface area contributed by atoms with E-state index in [2.05, 4.69) is 6.92 Å². The van der Waals surface area contributed by atoms with Gasteiger partial charge in [0.05, 0.1) is 29.3 Å². The molecular formula is C30H44O9. The summed E-state index contributed by atoms with van der Waals surface area (Å²) in [6.07, 6.45) is 4.01. The highest BCUT2D eigenvalue weighted by molar-refractivity contribution is 5.93. The van der Waals surface area contributed by atoms with Crippen molar-refractivity contribution in [2.75, 3.05) is 13.7 Å². The molecule has 0 aromatic carbocycles. The number of ketones is 1. The van der Waals surface area contributed by atoms with Crippen molar-refractivity contribution < 1.29 is 43.9 Å². The lowest BCUT2D eigenvalue weighted by Gasteiger charge is -2.64. The minimum Gasteiger partial charge on any atom is -0.458 e. The van der Waals surface area contributed by atoms with Gasteiger partial charge in [-0.3, -0.25) is 4.79 Å². The van der Waals surface area contributed by atoms with Gasteiger partial charge >= 0.3 is 5.97 Å². The molecule has 39 heavy (non-hydrogen) atoms. The van der Waals surface area contributed by atoms with Crippen LogP contribution in [0.3, 0.4) is 0 Å². The molecular weight excluding hydrogens is 504 g/mol. The maximum atomic E-state index is 14.1. The van der Waals surface area contributed by atoms with Crippen molar-refractivity contribution in [2.24, 2.45) is 34.5 Å². The number of methoxy groups -OCH3 is 1. The maximum Gasteiger partial charge on any atom is 0.331 e. The summed E-state index contributed by atoms with van der Waals surface area (Å²) in [6, 6.07) is 0. The molecule has 0 bridgehead atoms. The predicted octanol–water partition coefficient (Wildman–Crippen LogP) is 2.29. The van der Waals surface area contributed by atoms with Gasteiger partial charge in [-0.05, 0) is 87.5 Å². The summed E-state index contributed by atoms with van der Waals surface area (Å²) in [5.74, 6) is -1.26. The molecule has 3 unspecified atom stereocenters. The van der Waals surface area contributed by atoms with Crippen LogP contribution in [-0.4, -0.2) is 83.2 Å². The molecule has 4 aliphatic carbocycles. The van der Waals surface area contributed by atoms with Crippen LogP contribution in [0.15, 0.2) is 11.6 Å². The highest BCUT2D eigenvalue weighted by atomic mass is 16.7. The van der Waals surface area contributed by atoms with E-state index in [1.54, 1.807) is 7.11 Å². The van der Waals surface area contributed by atoms with E-state index in [1.165, 1.54) is 6.08 Å². The zero-order chi connectivity index (χ0) is 27.9. The van der Waals surface area contributed by atoms with Gasteiger partial charge in [-0.15, -0.1) is 0 Å². The third-order valence-corrected chi connectivity index (χ3v) is 12.1. The van der Waals surface area contributed by atoms with E-state index in [9.17, 15) is 24.9 Å². The first-order valence-electron chi connectivity index (χ1n) is 14.8. The molecule has 0 amide bonds. The summed E-state index contributed by atoms with van der Waals surface area (Å²) in [4.78, 5) is 25.9. The number of fused-ring (bicyclic) bond motifs is 5. The van der Waals surface area contributed by atoms with E-state index in [4.69, 9.17) is 18.9 Å². The van der Waals surface area contributed by atoms with E-state index in [-0.39, 0.29) is 59.8 Å². The molecule has 6 rings (SSSR count). The number of aliphatic hydroxyl groups excluding tert-OH is 2. The van der Waals surface area contributed by atoms with Crippen LogP contribution < -0.4 is 0 Å². The van der Waals surface area contributed by atoms with Crippen LogP contribution in [0, 0.1) is 34.5 Å². The van der Waals surface area contributed by atoms with E-state index in [0.717, 1.165) is 37.7 Å². The van der Waals surface area contributed by atoms with Crippen molar-refractivity contribution in [1.82, 2.24) is 0 Å². The highest BCUT2D eigenvalue weighted by Gasteiger charge is 2.73. The minimum absolute atomic E-state index is 0.0166. The lowest BCUT2D eigenvalue weighted by Crippen LogP contribution is -2.70. The number of rotatable bonds is 4. The van der Waals surface area contributed by atoms with E-state index >= 15 is 0 Å². The molecule has 0 radical (unpaired) electrons. The van der Waals surface area contributed by atoms with Crippen molar-refractivity contribution >= 4 is 11.8 Å². The number of hydrogen-bond acceptors (Lipinski definition) is 9. The normalized spacial score (nSPS) is 53.5. The number of esters is 1. The number of carbonyl (C=O) groups is 2. The number of ether oxygens (including phenoxy) is 4. The first kappa shape index (κ1) is 27.8. The molecule has 13 atom stereocenters. The standard InChI is InChI=1S/C30H44O9/c1-15-25(32)21(36-4)13-23(38-15)39-18-7-9-28(2)17(12-18)5-6-20-24(28)26(33)27(34)29(3)19(8-10-30(20,29)35)16-11-22(31)37-14-16/h11,15,17-21,23-26,32-33,35H,5-10,12-14H2,1-4H3/t15-,17-,18+,19-,20?,21+,23+,24?,25-,26?,28+,29+,30+/m1/s1. The molecule has 0 aromatic rings. The van der Waals surface area contributed by atoms with E-state index in [0.29, 0.717) is 19.3 Å². The van der Waals surface area contributed by atoms with Crippen LogP contribution in [-0.2, 0) is 28.5 Å². The number of Topliss-reactive ketones (excluding diaryl/α,β-unsaturated/α-hetero) is 1. The molecule has 1 saturated heterocycles. The van der Waals surface area contributed by atoms with Gasteiger partial charge in [-0.2, -0.15) is 0 Å². The Morgan fingerprint density at radius 3 is 2.51 bits per heavy atom. The van der Waals surface area contributed by atoms with Crippen molar-refractivity contribution in [2.45, 2.75) is 115 Å². The van der Waals surface area contributed by atoms with Gasteiger partial charge < -0.3 is 34.3 Å². The highest BCUT2D eigenvalue weighted by Crippen LogP contribution is 2.69. The lowest BCUT2D eigenvalue weighted by molar-refractivity contribution is -0.275. The second-order valence-electron chi connectivity index (χ2n) is 13.6. The quantitative estimate of drug-likeness (QED) is 0.358. The Bertz CT molecular complexity index is 1040. The smallest absolute Gasteiger partial charge is 0.331 e. The van der Waals surface area contributed by atoms with Crippen LogP contribution in [0.5, 0.6) is 0 Å². The fourth-order valence-electron chi connectivity index (χ4n) is 9.86. The summed E-state index contributed by atoms with van der Waals surface area (Å²) in [7, 11) is 1.59. The zero-order valence-electron chi connectivity index (χ0n) is 23.5. The Morgan fingerprint density at radius 2 is 1.82 bits per heavy atom. The fourth-order valence-corrected chi connectivity index (χ4v) is 9.86. The Balaban J connectivity index is 1.21. The van der Waals surface area contributed by atoms with Crippen LogP contribution >= 0.6 is 0 Å². The second kappa shape index (κ2) is 9.60. The number of aliphatic hydroxyl groups is 3. The third kappa shape index (κ3) is 3.94. The molecule has 9 heteroatoms. The second-order valence-corrected chi connectivity index (χ2v) is 13.6. The van der Waals surface area contributed by atoms with Gasteiger partial charge in [0.1, 0.15) is 18.8 Å². The average Bonchev–Trinajstić information content (AvgIpc) is 3.45. The van der Waals surface area contributed by atoms with Crippen LogP contribution in [0.1, 0.15) is 72.1 Å². The van der Waals surface area contributed by atoms with Crippen molar-refractivity contribution in [3.8, 4) is 0 Å². The molecule has 4 saturated carbocycles. The number of cyclic esters (lactones) is 1. The Kier molecular flexibility index (Phi) is 6.84. The summed E-state index contributed by atoms with van der Waals surface area (Å²) >= 11 is 0. The molecule has 0 spiro atoms. The minimum atomic E-state index is -1.23.